The molecule has 2 unspecified atom stereocenters. The van der Waals surface area contributed by atoms with Gasteiger partial charge in [-0.1, -0.05) is 20.3 Å². The molecule has 1 heterocycles. The summed E-state index contributed by atoms with van der Waals surface area (Å²) in [4.78, 5) is 25.4. The van der Waals surface area contributed by atoms with Crippen LogP contribution in [0.15, 0.2) is 0 Å². The van der Waals surface area contributed by atoms with Gasteiger partial charge in [-0.15, -0.1) is 0 Å². The summed E-state index contributed by atoms with van der Waals surface area (Å²) < 4.78 is 5.14. The molecule has 5 nitrogen and oxygen atoms in total. The molecule has 98 valence electrons. The molecule has 0 radical (unpaired) electrons. The molecule has 1 aliphatic rings. The van der Waals surface area contributed by atoms with Gasteiger partial charge in [-0.25, -0.2) is 0 Å². The van der Waals surface area contributed by atoms with Crippen molar-refractivity contribution in [1.82, 2.24) is 10.2 Å². The second-order valence-electron chi connectivity index (χ2n) is 4.39. The number of carbonyl (C=O) groups is 2. The van der Waals surface area contributed by atoms with Crippen LogP contribution in [-0.2, 0) is 14.3 Å². The quantitative estimate of drug-likeness (QED) is 0.739. The summed E-state index contributed by atoms with van der Waals surface area (Å²) in [5.41, 5.74) is 0. The maximum atomic E-state index is 12.1. The van der Waals surface area contributed by atoms with Crippen molar-refractivity contribution >= 4 is 11.8 Å². The summed E-state index contributed by atoms with van der Waals surface area (Å²) in [5.74, 6) is -0.0590. The first-order valence-corrected chi connectivity index (χ1v) is 6.22. The highest BCUT2D eigenvalue weighted by atomic mass is 16.5. The molecule has 0 bridgehead atoms. The molecule has 0 saturated carbocycles. The number of amides is 2. The van der Waals surface area contributed by atoms with Crippen molar-refractivity contribution in [1.29, 1.82) is 0 Å². The lowest BCUT2D eigenvalue weighted by atomic mass is 10.1. The molecule has 1 saturated heterocycles. The number of nitrogens with zero attached hydrogens (tertiary/aromatic N) is 1. The Bertz CT molecular complexity index is 275. The molecule has 17 heavy (non-hydrogen) atoms. The van der Waals surface area contributed by atoms with Crippen LogP contribution in [0.5, 0.6) is 0 Å². The van der Waals surface area contributed by atoms with E-state index in [1.54, 1.807) is 12.0 Å². The standard InChI is InChI=1S/C12H22N2O3/c1-4-6-9(8-17-3)14-7-11(15)13-10(5-2)12(14)16/h9-10H,4-8H2,1-3H3,(H,13,15). The maximum Gasteiger partial charge on any atom is 0.245 e. The van der Waals surface area contributed by atoms with Crippen LogP contribution >= 0.6 is 0 Å². The van der Waals surface area contributed by atoms with E-state index in [0.29, 0.717) is 13.0 Å². The second-order valence-corrected chi connectivity index (χ2v) is 4.39. The third kappa shape index (κ3) is 3.43. The molecule has 1 fully saturated rings. The molecule has 2 amide bonds. The van der Waals surface area contributed by atoms with Gasteiger partial charge in [0.1, 0.15) is 6.04 Å². The normalized spacial score (nSPS) is 22.5. The minimum absolute atomic E-state index is 0.0117. The van der Waals surface area contributed by atoms with Crippen molar-refractivity contribution in [3.8, 4) is 0 Å². The predicted molar refractivity (Wildman–Crippen MR) is 64.5 cm³/mol. The Morgan fingerprint density at radius 3 is 2.71 bits per heavy atom. The minimum atomic E-state index is -0.368. The fourth-order valence-electron chi connectivity index (χ4n) is 2.17. The average Bonchev–Trinajstić information content (AvgIpc) is 2.31. The van der Waals surface area contributed by atoms with Crippen molar-refractivity contribution in [3.05, 3.63) is 0 Å². The van der Waals surface area contributed by atoms with Gasteiger partial charge in [-0.05, 0) is 12.8 Å². The molecule has 0 spiro atoms. The smallest absolute Gasteiger partial charge is 0.245 e. The zero-order chi connectivity index (χ0) is 12.8. The number of nitrogens with one attached hydrogen (secondary N) is 1. The summed E-state index contributed by atoms with van der Waals surface area (Å²) in [6, 6.07) is -0.356. The predicted octanol–water partition coefficient (Wildman–Crippen LogP) is 0.538. The molecular formula is C12H22N2O3. The van der Waals surface area contributed by atoms with Gasteiger partial charge in [0.25, 0.3) is 0 Å². The van der Waals surface area contributed by atoms with Crippen molar-refractivity contribution in [2.24, 2.45) is 0 Å². The lowest BCUT2D eigenvalue weighted by Gasteiger charge is -2.37. The Kier molecular flexibility index (Phi) is 5.41. The van der Waals surface area contributed by atoms with E-state index in [1.165, 1.54) is 0 Å². The van der Waals surface area contributed by atoms with Crippen LogP contribution in [0.1, 0.15) is 33.1 Å². The molecule has 1 rings (SSSR count). The Morgan fingerprint density at radius 1 is 1.47 bits per heavy atom. The zero-order valence-electron chi connectivity index (χ0n) is 10.9. The van der Waals surface area contributed by atoms with Crippen LogP contribution in [-0.4, -0.2) is 49.1 Å². The van der Waals surface area contributed by atoms with Gasteiger partial charge in [0.15, 0.2) is 0 Å². The molecule has 5 heteroatoms. The van der Waals surface area contributed by atoms with Gasteiger partial charge in [-0.2, -0.15) is 0 Å². The fraction of sp³-hybridized carbons (Fsp3) is 0.833. The van der Waals surface area contributed by atoms with E-state index in [4.69, 9.17) is 4.74 Å². The van der Waals surface area contributed by atoms with Crippen LogP contribution in [0.2, 0.25) is 0 Å². The van der Waals surface area contributed by atoms with Crippen molar-refractivity contribution in [2.75, 3.05) is 20.3 Å². The third-order valence-electron chi connectivity index (χ3n) is 3.06. The van der Waals surface area contributed by atoms with Crippen LogP contribution < -0.4 is 5.32 Å². The summed E-state index contributed by atoms with van der Waals surface area (Å²) in [6.07, 6.45) is 2.46. The number of hydrogen-bond acceptors (Lipinski definition) is 3. The maximum absolute atomic E-state index is 12.1. The SMILES string of the molecule is CCCC(COC)N1CC(=O)NC(CC)C1=O. The number of methoxy groups -OCH3 is 1. The van der Waals surface area contributed by atoms with Gasteiger partial charge in [0.2, 0.25) is 11.8 Å². The zero-order valence-corrected chi connectivity index (χ0v) is 10.9. The minimum Gasteiger partial charge on any atom is -0.383 e. The Hall–Kier alpha value is -1.10. The third-order valence-corrected chi connectivity index (χ3v) is 3.06. The summed E-state index contributed by atoms with van der Waals surface area (Å²) in [5, 5.41) is 2.71. The lowest BCUT2D eigenvalue weighted by Crippen LogP contribution is -2.61. The Morgan fingerprint density at radius 2 is 2.18 bits per heavy atom. The first-order chi connectivity index (χ1) is 8.13. The summed E-state index contributed by atoms with van der Waals surface area (Å²) >= 11 is 0. The van der Waals surface area contributed by atoms with Crippen LogP contribution in [0.3, 0.4) is 0 Å². The Labute approximate surface area is 102 Å². The molecule has 0 aromatic carbocycles. The van der Waals surface area contributed by atoms with Gasteiger partial charge in [0, 0.05) is 7.11 Å². The van der Waals surface area contributed by atoms with Gasteiger partial charge >= 0.3 is 0 Å². The van der Waals surface area contributed by atoms with E-state index in [2.05, 4.69) is 12.2 Å². The average molecular weight is 242 g/mol. The van der Waals surface area contributed by atoms with Gasteiger partial charge in [-0.3, -0.25) is 9.59 Å². The van der Waals surface area contributed by atoms with Crippen LogP contribution in [0.4, 0.5) is 0 Å². The van der Waals surface area contributed by atoms with E-state index in [9.17, 15) is 9.59 Å². The van der Waals surface area contributed by atoms with Crippen LogP contribution in [0, 0.1) is 0 Å². The van der Waals surface area contributed by atoms with Gasteiger partial charge in [0.05, 0.1) is 19.2 Å². The molecule has 0 aromatic rings. The van der Waals surface area contributed by atoms with Gasteiger partial charge < -0.3 is 15.0 Å². The second kappa shape index (κ2) is 6.59. The molecule has 0 aromatic heterocycles. The summed E-state index contributed by atoms with van der Waals surface area (Å²) in [7, 11) is 1.62. The van der Waals surface area contributed by atoms with E-state index in [-0.39, 0.29) is 30.4 Å². The number of hydrogen-bond donors (Lipinski definition) is 1. The van der Waals surface area contributed by atoms with Crippen molar-refractivity contribution in [3.63, 3.8) is 0 Å². The summed E-state index contributed by atoms with van der Waals surface area (Å²) in [6.45, 7) is 4.61. The monoisotopic (exact) mass is 242 g/mol. The molecule has 0 aliphatic carbocycles. The lowest BCUT2D eigenvalue weighted by molar-refractivity contribution is -0.148. The number of carbonyl (C=O) groups excluding carboxylic acids is 2. The van der Waals surface area contributed by atoms with Crippen molar-refractivity contribution < 1.29 is 14.3 Å². The highest BCUT2D eigenvalue weighted by Crippen LogP contribution is 2.14. The number of rotatable bonds is 6. The molecule has 1 aliphatic heterocycles. The van der Waals surface area contributed by atoms with E-state index in [0.717, 1.165) is 12.8 Å². The number of piperazine rings is 1. The van der Waals surface area contributed by atoms with E-state index < -0.39 is 0 Å². The topological polar surface area (TPSA) is 58.6 Å². The largest absolute Gasteiger partial charge is 0.383 e. The highest BCUT2D eigenvalue weighted by Gasteiger charge is 2.35. The number of ether oxygens (including phenoxy) is 1. The molecular weight excluding hydrogens is 220 g/mol. The first-order valence-electron chi connectivity index (χ1n) is 6.22. The molecule has 2 atom stereocenters. The first kappa shape index (κ1) is 14.0. The van der Waals surface area contributed by atoms with Crippen molar-refractivity contribution in [2.45, 2.75) is 45.2 Å². The van der Waals surface area contributed by atoms with E-state index in [1.807, 2.05) is 6.92 Å². The fourth-order valence-corrected chi connectivity index (χ4v) is 2.17. The Balaban J connectivity index is 2.76. The van der Waals surface area contributed by atoms with E-state index >= 15 is 0 Å². The molecule has 1 N–H and O–H groups in total. The van der Waals surface area contributed by atoms with Crippen LogP contribution in [0.25, 0.3) is 0 Å². The highest BCUT2D eigenvalue weighted by molar-refractivity contribution is 5.94.